The third-order valence-corrected chi connectivity index (χ3v) is 3.90. The smallest absolute Gasteiger partial charge is 0.326 e. The van der Waals surface area contributed by atoms with Gasteiger partial charge in [0.2, 0.25) is 0 Å². The number of H-pyrrole nitrogens is 1. The molecule has 1 amide bonds. The molecule has 0 aromatic carbocycles. The van der Waals surface area contributed by atoms with Crippen molar-refractivity contribution in [2.75, 3.05) is 0 Å². The molecule has 3 rings (SSSR count). The van der Waals surface area contributed by atoms with Gasteiger partial charge in [0, 0.05) is 11.8 Å². The SMILES string of the molecule is O=C(O)C1Cc2nc[nH]c2CN1C(=O)c1ccsc1. The molecule has 1 aliphatic heterocycles. The largest absolute Gasteiger partial charge is 0.480 e. The Balaban J connectivity index is 1.95. The highest BCUT2D eigenvalue weighted by Gasteiger charge is 2.36. The molecule has 6 nitrogen and oxygen atoms in total. The van der Waals surface area contributed by atoms with Gasteiger partial charge in [-0.3, -0.25) is 4.79 Å². The van der Waals surface area contributed by atoms with Gasteiger partial charge in [-0.1, -0.05) is 0 Å². The molecule has 2 aromatic heterocycles. The number of amides is 1. The molecule has 0 saturated carbocycles. The molecule has 2 aromatic rings. The van der Waals surface area contributed by atoms with Gasteiger partial charge in [0.15, 0.2) is 0 Å². The van der Waals surface area contributed by atoms with Crippen LogP contribution in [0.15, 0.2) is 23.2 Å². The number of aromatic amines is 1. The highest BCUT2D eigenvalue weighted by molar-refractivity contribution is 7.08. The third kappa shape index (κ3) is 2.01. The van der Waals surface area contributed by atoms with E-state index in [4.69, 9.17) is 0 Å². The van der Waals surface area contributed by atoms with Crippen molar-refractivity contribution in [3.05, 3.63) is 40.1 Å². The molecule has 1 unspecified atom stereocenters. The van der Waals surface area contributed by atoms with Crippen LogP contribution in [0.25, 0.3) is 0 Å². The zero-order valence-electron chi connectivity index (χ0n) is 9.87. The second-order valence-electron chi connectivity index (χ2n) is 4.33. The predicted molar refractivity (Wildman–Crippen MR) is 67.9 cm³/mol. The molecular weight excluding hydrogens is 266 g/mol. The fraction of sp³-hybridized carbons (Fsp3) is 0.250. The van der Waals surface area contributed by atoms with Crippen molar-refractivity contribution >= 4 is 23.2 Å². The molecule has 7 heteroatoms. The molecule has 3 heterocycles. The van der Waals surface area contributed by atoms with E-state index in [1.54, 1.807) is 16.8 Å². The summed E-state index contributed by atoms with van der Waals surface area (Å²) < 4.78 is 0. The number of carbonyl (C=O) groups is 2. The summed E-state index contributed by atoms with van der Waals surface area (Å²) in [5, 5.41) is 12.8. The molecule has 1 atom stereocenters. The summed E-state index contributed by atoms with van der Waals surface area (Å²) in [5.41, 5.74) is 2.06. The molecule has 0 radical (unpaired) electrons. The molecule has 0 bridgehead atoms. The first-order valence-corrected chi connectivity index (χ1v) is 6.68. The van der Waals surface area contributed by atoms with E-state index in [9.17, 15) is 14.7 Å². The summed E-state index contributed by atoms with van der Waals surface area (Å²) in [7, 11) is 0. The molecule has 0 aliphatic carbocycles. The van der Waals surface area contributed by atoms with E-state index in [1.807, 2.05) is 0 Å². The highest BCUT2D eigenvalue weighted by Crippen LogP contribution is 2.23. The minimum absolute atomic E-state index is 0.240. The normalized spacial score (nSPS) is 18.1. The zero-order chi connectivity index (χ0) is 13.4. The minimum atomic E-state index is -1.00. The Morgan fingerprint density at radius 3 is 3.05 bits per heavy atom. The van der Waals surface area contributed by atoms with Crippen LogP contribution < -0.4 is 0 Å². The first-order valence-electron chi connectivity index (χ1n) is 5.74. The maximum atomic E-state index is 12.3. The summed E-state index contributed by atoms with van der Waals surface area (Å²) in [6.07, 6.45) is 1.77. The molecule has 98 valence electrons. The van der Waals surface area contributed by atoms with Crippen LogP contribution in [-0.2, 0) is 17.8 Å². The van der Waals surface area contributed by atoms with E-state index in [2.05, 4.69) is 9.97 Å². The van der Waals surface area contributed by atoms with Gasteiger partial charge in [0.25, 0.3) is 5.91 Å². The maximum Gasteiger partial charge on any atom is 0.326 e. The Hall–Kier alpha value is -2.15. The van der Waals surface area contributed by atoms with Crippen LogP contribution in [0.4, 0.5) is 0 Å². The maximum absolute atomic E-state index is 12.3. The van der Waals surface area contributed by atoms with Crippen molar-refractivity contribution in [2.45, 2.75) is 19.0 Å². The van der Waals surface area contributed by atoms with Crippen LogP contribution in [-0.4, -0.2) is 37.9 Å². The Morgan fingerprint density at radius 1 is 1.53 bits per heavy atom. The second-order valence-corrected chi connectivity index (χ2v) is 5.11. The Morgan fingerprint density at radius 2 is 2.37 bits per heavy atom. The summed E-state index contributed by atoms with van der Waals surface area (Å²) in [5.74, 6) is -1.26. The van der Waals surface area contributed by atoms with Gasteiger partial charge in [-0.25, -0.2) is 9.78 Å². The third-order valence-electron chi connectivity index (χ3n) is 3.21. The van der Waals surface area contributed by atoms with Crippen LogP contribution >= 0.6 is 11.3 Å². The van der Waals surface area contributed by atoms with Crippen LogP contribution in [0, 0.1) is 0 Å². The summed E-state index contributed by atoms with van der Waals surface area (Å²) >= 11 is 1.41. The monoisotopic (exact) mass is 277 g/mol. The summed E-state index contributed by atoms with van der Waals surface area (Å²) in [6.45, 7) is 0.251. The van der Waals surface area contributed by atoms with E-state index in [0.29, 0.717) is 5.56 Å². The number of hydrogen-bond donors (Lipinski definition) is 2. The number of carbonyl (C=O) groups excluding carboxylic acids is 1. The number of nitrogens with one attached hydrogen (secondary N) is 1. The van der Waals surface area contributed by atoms with E-state index in [-0.39, 0.29) is 18.9 Å². The second kappa shape index (κ2) is 4.51. The number of fused-ring (bicyclic) bond motifs is 1. The Kier molecular flexibility index (Phi) is 2.83. The Labute approximate surface area is 112 Å². The van der Waals surface area contributed by atoms with E-state index in [1.165, 1.54) is 22.6 Å². The van der Waals surface area contributed by atoms with E-state index in [0.717, 1.165) is 11.4 Å². The number of aromatic nitrogens is 2. The van der Waals surface area contributed by atoms with Crippen molar-refractivity contribution in [1.29, 1.82) is 0 Å². The average Bonchev–Trinajstić information content (AvgIpc) is 3.06. The zero-order valence-corrected chi connectivity index (χ0v) is 10.7. The van der Waals surface area contributed by atoms with Gasteiger partial charge in [-0.15, -0.1) is 0 Å². The lowest BCUT2D eigenvalue weighted by molar-refractivity contribution is -0.142. The lowest BCUT2D eigenvalue weighted by atomic mass is 10.0. The number of carboxylic acids is 1. The molecule has 1 aliphatic rings. The lowest BCUT2D eigenvalue weighted by Gasteiger charge is -2.32. The van der Waals surface area contributed by atoms with Gasteiger partial charge in [0.1, 0.15) is 6.04 Å². The van der Waals surface area contributed by atoms with Gasteiger partial charge >= 0.3 is 5.97 Å². The topological polar surface area (TPSA) is 86.3 Å². The van der Waals surface area contributed by atoms with Crippen LogP contribution in [0.3, 0.4) is 0 Å². The first kappa shape index (κ1) is 11.9. The number of rotatable bonds is 2. The first-order chi connectivity index (χ1) is 9.16. The number of hydrogen-bond acceptors (Lipinski definition) is 4. The van der Waals surface area contributed by atoms with Crippen molar-refractivity contribution in [1.82, 2.24) is 14.9 Å². The summed E-state index contributed by atoms with van der Waals surface area (Å²) in [4.78, 5) is 32.1. The van der Waals surface area contributed by atoms with Crippen molar-refractivity contribution in [3.63, 3.8) is 0 Å². The number of imidazole rings is 1. The molecule has 0 saturated heterocycles. The summed E-state index contributed by atoms with van der Waals surface area (Å²) in [6, 6.07) is 0.845. The van der Waals surface area contributed by atoms with Crippen molar-refractivity contribution in [2.24, 2.45) is 0 Å². The van der Waals surface area contributed by atoms with E-state index < -0.39 is 12.0 Å². The van der Waals surface area contributed by atoms with E-state index >= 15 is 0 Å². The highest BCUT2D eigenvalue weighted by atomic mass is 32.1. The number of nitrogens with zero attached hydrogens (tertiary/aromatic N) is 2. The van der Waals surface area contributed by atoms with Gasteiger partial charge < -0.3 is 15.0 Å². The van der Waals surface area contributed by atoms with Gasteiger partial charge in [-0.05, 0) is 11.4 Å². The number of aliphatic carboxylic acids is 1. The van der Waals surface area contributed by atoms with Crippen LogP contribution in [0.2, 0.25) is 0 Å². The quantitative estimate of drug-likeness (QED) is 0.861. The lowest BCUT2D eigenvalue weighted by Crippen LogP contribution is -2.48. The van der Waals surface area contributed by atoms with Gasteiger partial charge in [-0.2, -0.15) is 11.3 Å². The fourth-order valence-corrected chi connectivity index (χ4v) is 2.85. The van der Waals surface area contributed by atoms with Crippen molar-refractivity contribution in [3.8, 4) is 0 Å². The van der Waals surface area contributed by atoms with Gasteiger partial charge in [0.05, 0.1) is 29.8 Å². The molecule has 19 heavy (non-hydrogen) atoms. The molecular formula is C12H11N3O3S. The fourth-order valence-electron chi connectivity index (χ4n) is 2.22. The minimum Gasteiger partial charge on any atom is -0.480 e. The molecule has 0 spiro atoms. The number of thiophene rings is 1. The van der Waals surface area contributed by atoms with Crippen molar-refractivity contribution < 1.29 is 14.7 Å². The molecule has 0 fully saturated rings. The average molecular weight is 277 g/mol. The van der Waals surface area contributed by atoms with Crippen LogP contribution in [0.5, 0.6) is 0 Å². The Bertz CT molecular complexity index is 620. The number of carboxylic acid groups (broad SMARTS) is 1. The standard InChI is InChI=1S/C12H11N3O3S/c16-11(7-1-2-19-5-7)15-4-9-8(13-6-14-9)3-10(15)12(17)18/h1-2,5-6,10H,3-4H2,(H,13,14)(H,17,18). The predicted octanol–water partition coefficient (Wildman–Crippen LogP) is 1.12. The molecule has 2 N–H and O–H groups in total. The van der Waals surface area contributed by atoms with Crippen LogP contribution in [0.1, 0.15) is 21.7 Å².